The van der Waals surface area contributed by atoms with Crippen LogP contribution in [-0.2, 0) is 24.2 Å². The zero-order valence-electron chi connectivity index (χ0n) is 9.78. The van der Waals surface area contributed by atoms with Crippen LogP contribution in [0.4, 0.5) is 0 Å². The summed E-state index contributed by atoms with van der Waals surface area (Å²) in [5.74, 6) is -0.406. The number of carboxylic acids is 1. The number of fused-ring (bicyclic) bond motifs is 1. The second kappa shape index (κ2) is 4.25. The molecule has 0 saturated heterocycles. The van der Waals surface area contributed by atoms with E-state index < -0.39 is 5.97 Å². The number of aromatic nitrogens is 3. The molecule has 0 radical (unpaired) electrons. The minimum absolute atomic E-state index is 0.0682. The van der Waals surface area contributed by atoms with E-state index in [2.05, 4.69) is 28.5 Å². The normalized spacial score (nSPS) is 17.0. The van der Waals surface area contributed by atoms with Crippen molar-refractivity contribution in [3.8, 4) is 0 Å². The van der Waals surface area contributed by atoms with Gasteiger partial charge in [-0.25, -0.2) is 0 Å². The van der Waals surface area contributed by atoms with Crippen molar-refractivity contribution in [1.29, 1.82) is 0 Å². The third-order valence-corrected chi connectivity index (χ3v) is 3.29. The molecule has 0 bridgehead atoms. The molecular weight excluding hydrogens is 230 g/mol. The Labute approximate surface area is 104 Å². The predicted octanol–water partition coefficient (Wildman–Crippen LogP) is 1.25. The molecule has 1 aromatic carbocycles. The van der Waals surface area contributed by atoms with Crippen LogP contribution in [0.1, 0.15) is 22.7 Å². The van der Waals surface area contributed by atoms with E-state index in [1.807, 2.05) is 6.07 Å². The lowest BCUT2D eigenvalue weighted by Crippen LogP contribution is -2.22. The van der Waals surface area contributed by atoms with Crippen molar-refractivity contribution in [2.45, 2.75) is 25.3 Å². The Hall–Kier alpha value is -2.17. The number of carbonyl (C=O) groups is 1. The van der Waals surface area contributed by atoms with Gasteiger partial charge in [-0.05, 0) is 17.5 Å². The molecule has 5 heteroatoms. The first-order valence-corrected chi connectivity index (χ1v) is 5.91. The van der Waals surface area contributed by atoms with E-state index in [1.54, 1.807) is 10.9 Å². The second-order valence-corrected chi connectivity index (χ2v) is 4.60. The highest BCUT2D eigenvalue weighted by Gasteiger charge is 2.25. The van der Waals surface area contributed by atoms with Crippen LogP contribution < -0.4 is 0 Å². The lowest BCUT2D eigenvalue weighted by atomic mass is 9.78. The van der Waals surface area contributed by atoms with Crippen molar-refractivity contribution in [3.63, 3.8) is 0 Å². The Bertz CT molecular complexity index is 591. The molecule has 0 amide bonds. The fraction of sp³-hybridized carbons (Fsp3) is 0.308. The highest BCUT2D eigenvalue weighted by atomic mass is 16.4. The van der Waals surface area contributed by atoms with E-state index in [0.717, 1.165) is 13.0 Å². The molecule has 0 fully saturated rings. The van der Waals surface area contributed by atoms with Crippen molar-refractivity contribution >= 4 is 5.97 Å². The van der Waals surface area contributed by atoms with Gasteiger partial charge in [0.25, 0.3) is 0 Å². The molecule has 18 heavy (non-hydrogen) atoms. The first-order chi connectivity index (χ1) is 8.72. The monoisotopic (exact) mass is 243 g/mol. The topological polar surface area (TPSA) is 68.0 Å². The van der Waals surface area contributed by atoms with E-state index in [9.17, 15) is 4.79 Å². The van der Waals surface area contributed by atoms with Crippen molar-refractivity contribution in [1.82, 2.24) is 15.0 Å². The van der Waals surface area contributed by atoms with Gasteiger partial charge < -0.3 is 5.11 Å². The minimum atomic E-state index is -0.879. The molecule has 1 aliphatic carbocycles. The van der Waals surface area contributed by atoms with Gasteiger partial charge in [-0.3, -0.25) is 9.48 Å². The van der Waals surface area contributed by atoms with Crippen LogP contribution >= 0.6 is 0 Å². The first kappa shape index (κ1) is 11.0. The van der Waals surface area contributed by atoms with Gasteiger partial charge in [-0.2, -0.15) is 0 Å². The van der Waals surface area contributed by atoms with Gasteiger partial charge >= 0.3 is 5.97 Å². The molecule has 92 valence electrons. The van der Waals surface area contributed by atoms with Crippen LogP contribution in [0.15, 0.2) is 30.5 Å². The van der Waals surface area contributed by atoms with Gasteiger partial charge in [0, 0.05) is 18.7 Å². The number of hydrogen-bond acceptors (Lipinski definition) is 3. The summed E-state index contributed by atoms with van der Waals surface area (Å²) in [7, 11) is 0. The number of benzene rings is 1. The molecule has 0 aliphatic heterocycles. The third-order valence-electron chi connectivity index (χ3n) is 3.29. The molecule has 0 spiro atoms. The van der Waals surface area contributed by atoms with E-state index in [1.165, 1.54) is 11.1 Å². The zero-order valence-corrected chi connectivity index (χ0v) is 9.78. The summed E-state index contributed by atoms with van der Waals surface area (Å²) in [5, 5.41) is 16.5. The Morgan fingerprint density at radius 3 is 3.06 bits per heavy atom. The number of nitrogens with zero attached hydrogens (tertiary/aromatic N) is 3. The summed E-state index contributed by atoms with van der Waals surface area (Å²) in [6, 6.07) is 8.37. The van der Waals surface area contributed by atoms with Crippen molar-refractivity contribution in [2.24, 2.45) is 0 Å². The lowest BCUT2D eigenvalue weighted by molar-refractivity contribution is -0.136. The minimum Gasteiger partial charge on any atom is -0.481 e. The molecular formula is C13H13N3O2. The zero-order chi connectivity index (χ0) is 12.5. The largest absolute Gasteiger partial charge is 0.481 e. The molecule has 1 atom stereocenters. The highest BCUT2D eigenvalue weighted by Crippen LogP contribution is 2.35. The first-order valence-electron chi connectivity index (χ1n) is 5.91. The molecule has 1 unspecified atom stereocenters. The average molecular weight is 243 g/mol. The van der Waals surface area contributed by atoms with Gasteiger partial charge in [-0.1, -0.05) is 29.5 Å². The van der Waals surface area contributed by atoms with Gasteiger partial charge in [0.05, 0.1) is 12.1 Å². The number of aliphatic carboxylic acids is 1. The molecule has 0 saturated carbocycles. The summed E-state index contributed by atoms with van der Waals surface area (Å²) >= 11 is 0. The molecule has 1 N–H and O–H groups in total. The molecule has 1 aromatic heterocycles. The second-order valence-electron chi connectivity index (χ2n) is 4.60. The standard InChI is InChI=1S/C13H13N3O2/c17-13(18)6-11-8-16(15-14-11)7-10-5-9-3-1-2-4-12(9)10/h1-4,8,10H,5-7H2,(H,17,18). The van der Waals surface area contributed by atoms with Gasteiger partial charge in [-0.15, -0.1) is 5.10 Å². The summed E-state index contributed by atoms with van der Waals surface area (Å²) in [6.07, 6.45) is 2.71. The molecule has 3 rings (SSSR count). The van der Waals surface area contributed by atoms with E-state index in [0.29, 0.717) is 11.6 Å². The average Bonchev–Trinajstić information content (AvgIpc) is 2.73. The fourth-order valence-corrected chi connectivity index (χ4v) is 2.42. The molecule has 1 aliphatic rings. The summed E-state index contributed by atoms with van der Waals surface area (Å²) in [6.45, 7) is 0.767. The maximum absolute atomic E-state index is 10.6. The van der Waals surface area contributed by atoms with Crippen LogP contribution in [0.2, 0.25) is 0 Å². The maximum Gasteiger partial charge on any atom is 0.309 e. The molecule has 5 nitrogen and oxygen atoms in total. The van der Waals surface area contributed by atoms with Crippen LogP contribution in [-0.4, -0.2) is 26.1 Å². The molecule has 1 heterocycles. The lowest BCUT2D eigenvalue weighted by Gasteiger charge is -2.29. The fourth-order valence-electron chi connectivity index (χ4n) is 2.42. The Kier molecular flexibility index (Phi) is 2.59. The van der Waals surface area contributed by atoms with Gasteiger partial charge in [0.15, 0.2) is 0 Å². The van der Waals surface area contributed by atoms with E-state index >= 15 is 0 Å². The Morgan fingerprint density at radius 2 is 2.28 bits per heavy atom. The summed E-state index contributed by atoms with van der Waals surface area (Å²) in [5.41, 5.74) is 3.27. The molecule has 2 aromatic rings. The quantitative estimate of drug-likeness (QED) is 0.877. The van der Waals surface area contributed by atoms with Crippen molar-refractivity contribution in [2.75, 3.05) is 0 Å². The SMILES string of the molecule is O=C(O)Cc1cn(CC2Cc3ccccc32)nn1. The number of carboxylic acid groups (broad SMARTS) is 1. The van der Waals surface area contributed by atoms with Crippen molar-refractivity contribution < 1.29 is 9.90 Å². The van der Waals surface area contributed by atoms with Crippen molar-refractivity contribution in [3.05, 3.63) is 47.3 Å². The maximum atomic E-state index is 10.6. The van der Waals surface area contributed by atoms with Crippen LogP contribution in [0.3, 0.4) is 0 Å². The third kappa shape index (κ3) is 1.99. The highest BCUT2D eigenvalue weighted by molar-refractivity contribution is 5.69. The summed E-state index contributed by atoms with van der Waals surface area (Å²) in [4.78, 5) is 10.6. The summed E-state index contributed by atoms with van der Waals surface area (Å²) < 4.78 is 1.74. The van der Waals surface area contributed by atoms with E-state index in [-0.39, 0.29) is 6.42 Å². The predicted molar refractivity (Wildman–Crippen MR) is 64.2 cm³/mol. The van der Waals surface area contributed by atoms with Crippen LogP contribution in [0, 0.1) is 0 Å². The Balaban J connectivity index is 1.68. The van der Waals surface area contributed by atoms with E-state index in [4.69, 9.17) is 5.11 Å². The van der Waals surface area contributed by atoms with Gasteiger partial charge in [0.2, 0.25) is 0 Å². The van der Waals surface area contributed by atoms with Gasteiger partial charge in [0.1, 0.15) is 0 Å². The smallest absolute Gasteiger partial charge is 0.309 e. The van der Waals surface area contributed by atoms with Crippen LogP contribution in [0.5, 0.6) is 0 Å². The Morgan fingerprint density at radius 1 is 1.44 bits per heavy atom. The van der Waals surface area contributed by atoms with Crippen LogP contribution in [0.25, 0.3) is 0 Å². The number of hydrogen-bond donors (Lipinski definition) is 1. The number of rotatable bonds is 4.